The van der Waals surface area contributed by atoms with Gasteiger partial charge in [0.25, 0.3) is 0 Å². The molecule has 0 aliphatic carbocycles. The molecule has 0 spiro atoms. The third kappa shape index (κ3) is 24.1. The van der Waals surface area contributed by atoms with E-state index in [-0.39, 0.29) is 0 Å². The molecule has 0 radical (unpaired) electrons. The van der Waals surface area contributed by atoms with E-state index in [1.54, 1.807) is 0 Å². The zero-order valence-electron chi connectivity index (χ0n) is 16.7. The molecule has 0 atom stereocenters. The van der Waals surface area contributed by atoms with Gasteiger partial charge in [-0.2, -0.15) is 12.7 Å². The van der Waals surface area contributed by atoms with E-state index in [1.807, 2.05) is 0 Å². The maximum atomic E-state index is 9.81. The summed E-state index contributed by atoms with van der Waals surface area (Å²) in [5, 5.41) is 0. The van der Waals surface area contributed by atoms with Crippen molar-refractivity contribution in [1.82, 2.24) is 4.31 Å². The van der Waals surface area contributed by atoms with Crippen LogP contribution in [0.4, 0.5) is 0 Å². The maximum absolute atomic E-state index is 9.81. The van der Waals surface area contributed by atoms with Crippen LogP contribution in [0.25, 0.3) is 0 Å². The van der Waals surface area contributed by atoms with Crippen molar-refractivity contribution in [2.45, 2.75) is 110 Å². The van der Waals surface area contributed by atoms with Crippen LogP contribution in [-0.4, -0.2) is 31.4 Å². The average Bonchev–Trinajstić information content (AvgIpc) is 2.51. The van der Waals surface area contributed by atoms with Crippen LogP contribution < -0.4 is 0 Å². The van der Waals surface area contributed by atoms with Crippen LogP contribution in [-0.2, 0) is 10.3 Å². The predicted molar refractivity (Wildman–Crippen MR) is 106 cm³/mol. The molecular formula is C19H43NO3S. The number of rotatable bonds is 15. The lowest BCUT2D eigenvalue weighted by Crippen LogP contribution is -2.20. The SMILES string of the molecule is CCCCCCCCCCCCCCCCC.CN(C)S(=O)(=O)O. The first-order valence-electron chi connectivity index (χ1n) is 10.0. The van der Waals surface area contributed by atoms with Gasteiger partial charge in [0, 0.05) is 14.1 Å². The normalized spacial score (nSPS) is 11.4. The third-order valence-electron chi connectivity index (χ3n) is 4.17. The largest absolute Gasteiger partial charge is 0.335 e. The molecule has 1 N–H and O–H groups in total. The maximum Gasteiger partial charge on any atom is 0.335 e. The zero-order chi connectivity index (χ0) is 18.7. The standard InChI is InChI=1S/C17H36.C2H7NO3S/c1-3-5-7-9-11-13-15-17-16-14-12-10-8-6-4-2;1-3(2)7(4,5)6/h3-17H2,1-2H3;1-2H3,(H,4,5,6). The van der Waals surface area contributed by atoms with E-state index in [9.17, 15) is 8.42 Å². The predicted octanol–water partition coefficient (Wildman–Crippen LogP) is 6.23. The highest BCUT2D eigenvalue weighted by atomic mass is 32.2. The van der Waals surface area contributed by atoms with Gasteiger partial charge in [-0.15, -0.1) is 0 Å². The van der Waals surface area contributed by atoms with Gasteiger partial charge in [-0.25, -0.2) is 0 Å². The Labute approximate surface area is 152 Å². The van der Waals surface area contributed by atoms with Crippen LogP contribution >= 0.6 is 0 Å². The fraction of sp³-hybridized carbons (Fsp3) is 1.00. The zero-order valence-corrected chi connectivity index (χ0v) is 17.5. The van der Waals surface area contributed by atoms with Gasteiger partial charge in [0.05, 0.1) is 0 Å². The molecule has 4 nitrogen and oxygen atoms in total. The first-order valence-corrected chi connectivity index (χ1v) is 11.4. The summed E-state index contributed by atoms with van der Waals surface area (Å²) in [5.74, 6) is 0. The van der Waals surface area contributed by atoms with Crippen molar-refractivity contribution >= 4 is 10.3 Å². The fourth-order valence-corrected chi connectivity index (χ4v) is 2.44. The molecule has 0 bridgehead atoms. The lowest BCUT2D eigenvalue weighted by Gasteiger charge is -2.02. The monoisotopic (exact) mass is 365 g/mol. The highest BCUT2D eigenvalue weighted by Gasteiger charge is 2.04. The smallest absolute Gasteiger partial charge is 0.273 e. The second kappa shape index (κ2) is 19.2. The Hall–Kier alpha value is -0.130. The minimum absolute atomic E-state index is 0.715. The number of hydrogen-bond acceptors (Lipinski definition) is 2. The van der Waals surface area contributed by atoms with Gasteiger partial charge >= 0.3 is 10.3 Å². The van der Waals surface area contributed by atoms with Crippen LogP contribution in [0.3, 0.4) is 0 Å². The topological polar surface area (TPSA) is 57.6 Å². The van der Waals surface area contributed by atoms with Gasteiger partial charge in [-0.1, -0.05) is 110 Å². The Bertz CT molecular complexity index is 316. The summed E-state index contributed by atoms with van der Waals surface area (Å²) in [6, 6.07) is 0. The second-order valence-corrected chi connectivity index (χ2v) is 8.48. The minimum atomic E-state index is -3.91. The number of hydrogen-bond donors (Lipinski definition) is 1. The first kappa shape index (κ1) is 26.1. The highest BCUT2D eigenvalue weighted by Crippen LogP contribution is 2.13. The molecule has 0 saturated carbocycles. The summed E-state index contributed by atoms with van der Waals surface area (Å²) >= 11 is 0. The minimum Gasteiger partial charge on any atom is -0.273 e. The number of unbranched alkanes of at least 4 members (excludes halogenated alkanes) is 14. The molecule has 0 aliphatic rings. The average molecular weight is 366 g/mol. The Kier molecular flexibility index (Phi) is 20.9. The molecule has 0 aromatic rings. The molecule has 0 saturated heterocycles. The van der Waals surface area contributed by atoms with Gasteiger partial charge in [0.15, 0.2) is 0 Å². The first-order chi connectivity index (χ1) is 11.4. The summed E-state index contributed by atoms with van der Waals surface area (Å²) in [5.41, 5.74) is 0. The van der Waals surface area contributed by atoms with Crippen molar-refractivity contribution in [3.8, 4) is 0 Å². The van der Waals surface area contributed by atoms with Gasteiger partial charge in [-0.3, -0.25) is 4.55 Å². The Balaban J connectivity index is 0. The van der Waals surface area contributed by atoms with Crippen molar-refractivity contribution in [3.05, 3.63) is 0 Å². The molecule has 0 aliphatic heterocycles. The molecule has 0 aromatic carbocycles. The molecular weight excluding hydrogens is 322 g/mol. The van der Waals surface area contributed by atoms with E-state index in [0.29, 0.717) is 4.31 Å². The van der Waals surface area contributed by atoms with Crippen molar-refractivity contribution in [2.75, 3.05) is 14.1 Å². The number of nitrogens with zero attached hydrogens (tertiary/aromatic N) is 1. The third-order valence-corrected chi connectivity index (χ3v) is 5.09. The van der Waals surface area contributed by atoms with Gasteiger partial charge < -0.3 is 0 Å². The molecule has 5 heteroatoms. The summed E-state index contributed by atoms with van der Waals surface area (Å²) in [6.45, 7) is 4.58. The lowest BCUT2D eigenvalue weighted by atomic mass is 10.0. The summed E-state index contributed by atoms with van der Waals surface area (Å²) in [6.07, 6.45) is 21.9. The van der Waals surface area contributed by atoms with Gasteiger partial charge in [0.2, 0.25) is 0 Å². The quantitative estimate of drug-likeness (QED) is 0.276. The van der Waals surface area contributed by atoms with E-state index in [0.717, 1.165) is 0 Å². The van der Waals surface area contributed by atoms with Gasteiger partial charge in [0.1, 0.15) is 0 Å². The van der Waals surface area contributed by atoms with Crippen molar-refractivity contribution in [2.24, 2.45) is 0 Å². The van der Waals surface area contributed by atoms with Crippen LogP contribution in [0.2, 0.25) is 0 Å². The van der Waals surface area contributed by atoms with Crippen molar-refractivity contribution in [1.29, 1.82) is 0 Å². The summed E-state index contributed by atoms with van der Waals surface area (Å²) < 4.78 is 28.3. The summed E-state index contributed by atoms with van der Waals surface area (Å²) in [7, 11) is -1.42. The molecule has 0 unspecified atom stereocenters. The van der Waals surface area contributed by atoms with Crippen molar-refractivity contribution < 1.29 is 13.0 Å². The fourth-order valence-electron chi connectivity index (χ4n) is 2.44. The van der Waals surface area contributed by atoms with E-state index < -0.39 is 10.3 Å². The van der Waals surface area contributed by atoms with Crippen LogP contribution in [0.15, 0.2) is 0 Å². The second-order valence-electron chi connectivity index (χ2n) is 6.86. The van der Waals surface area contributed by atoms with Crippen LogP contribution in [0.1, 0.15) is 110 Å². The van der Waals surface area contributed by atoms with Gasteiger partial charge in [-0.05, 0) is 0 Å². The van der Waals surface area contributed by atoms with Crippen molar-refractivity contribution in [3.63, 3.8) is 0 Å². The Morgan fingerprint density at radius 2 is 0.750 bits per heavy atom. The summed E-state index contributed by atoms with van der Waals surface area (Å²) in [4.78, 5) is 0. The van der Waals surface area contributed by atoms with E-state index in [4.69, 9.17) is 4.55 Å². The van der Waals surface area contributed by atoms with E-state index in [1.165, 1.54) is 110 Å². The highest BCUT2D eigenvalue weighted by molar-refractivity contribution is 7.83. The van der Waals surface area contributed by atoms with E-state index in [2.05, 4.69) is 13.8 Å². The van der Waals surface area contributed by atoms with E-state index >= 15 is 0 Å². The molecule has 24 heavy (non-hydrogen) atoms. The molecule has 148 valence electrons. The van der Waals surface area contributed by atoms with Crippen LogP contribution in [0.5, 0.6) is 0 Å². The lowest BCUT2D eigenvalue weighted by molar-refractivity contribution is 0.416. The molecule has 0 rings (SSSR count). The van der Waals surface area contributed by atoms with Crippen LogP contribution in [0, 0.1) is 0 Å². The Morgan fingerprint density at radius 3 is 0.875 bits per heavy atom. The molecule has 0 aromatic heterocycles. The molecule has 0 amide bonds. The molecule has 0 fully saturated rings. The Morgan fingerprint density at radius 1 is 0.583 bits per heavy atom. The molecule has 0 heterocycles.